The Hall–Kier alpha value is -2.71. The fourth-order valence-electron chi connectivity index (χ4n) is 1.50. The number of terminal acetylenes is 1. The smallest absolute Gasteiger partial charge is 0.0991 e. The Kier molecular flexibility index (Phi) is 3.10. The Labute approximate surface area is 101 Å². The molecule has 0 amide bonds. The maximum absolute atomic E-state index is 8.70. The molecular weight excluding hydrogens is 208 g/mol. The molecule has 0 fully saturated rings. The molecule has 2 aromatic carbocycles. The van der Waals surface area contributed by atoms with Gasteiger partial charge in [0.15, 0.2) is 0 Å². The zero-order valence-electron chi connectivity index (χ0n) is 9.14. The van der Waals surface area contributed by atoms with Gasteiger partial charge in [0, 0.05) is 11.3 Å². The lowest BCUT2D eigenvalue weighted by Crippen LogP contribution is -1.93. The van der Waals surface area contributed by atoms with Crippen molar-refractivity contribution in [3.8, 4) is 18.4 Å². The molecule has 0 aromatic heterocycles. The van der Waals surface area contributed by atoms with Gasteiger partial charge >= 0.3 is 0 Å². The van der Waals surface area contributed by atoms with Gasteiger partial charge in [-0.25, -0.2) is 0 Å². The number of hydrogen-bond acceptors (Lipinski definition) is 2. The normalized spacial score (nSPS) is 9.06. The summed E-state index contributed by atoms with van der Waals surface area (Å²) in [5, 5.41) is 11.9. The number of hydrogen-bond donors (Lipinski definition) is 1. The summed E-state index contributed by atoms with van der Waals surface area (Å²) in [4.78, 5) is 0. The molecule has 0 saturated carbocycles. The highest BCUT2D eigenvalue weighted by Crippen LogP contribution is 2.20. The van der Waals surface area contributed by atoms with Gasteiger partial charge in [-0.15, -0.1) is 6.42 Å². The molecule has 2 aromatic rings. The molecule has 0 unspecified atom stereocenters. The molecule has 0 atom stereocenters. The van der Waals surface area contributed by atoms with Gasteiger partial charge < -0.3 is 5.32 Å². The summed E-state index contributed by atoms with van der Waals surface area (Å²) in [6, 6.07) is 16.9. The first-order chi connectivity index (χ1) is 8.33. The van der Waals surface area contributed by atoms with E-state index in [4.69, 9.17) is 11.7 Å². The average Bonchev–Trinajstić information content (AvgIpc) is 2.40. The quantitative estimate of drug-likeness (QED) is 0.785. The van der Waals surface area contributed by atoms with Gasteiger partial charge in [-0.05, 0) is 36.4 Å². The SMILES string of the molecule is C#Cc1ccccc1Nc1ccc(C#N)cc1. The lowest BCUT2D eigenvalue weighted by Gasteiger charge is -2.08. The van der Waals surface area contributed by atoms with Crippen molar-refractivity contribution in [2.45, 2.75) is 0 Å². The van der Waals surface area contributed by atoms with Gasteiger partial charge in [-0.2, -0.15) is 5.26 Å². The molecule has 0 heterocycles. The summed E-state index contributed by atoms with van der Waals surface area (Å²) in [6.45, 7) is 0. The molecular formula is C15H10N2. The third kappa shape index (κ3) is 2.45. The lowest BCUT2D eigenvalue weighted by molar-refractivity contribution is 1.47. The van der Waals surface area contributed by atoms with Crippen LogP contribution in [0.1, 0.15) is 11.1 Å². The van der Waals surface area contributed by atoms with Gasteiger partial charge in [-0.3, -0.25) is 0 Å². The van der Waals surface area contributed by atoms with E-state index in [2.05, 4.69) is 17.3 Å². The van der Waals surface area contributed by atoms with Crippen molar-refractivity contribution in [1.29, 1.82) is 5.26 Å². The maximum atomic E-state index is 8.70. The van der Waals surface area contributed by atoms with Crippen LogP contribution in [0.25, 0.3) is 0 Å². The van der Waals surface area contributed by atoms with Crippen molar-refractivity contribution in [1.82, 2.24) is 0 Å². The summed E-state index contributed by atoms with van der Waals surface area (Å²) < 4.78 is 0. The van der Waals surface area contributed by atoms with E-state index in [1.165, 1.54) is 0 Å². The van der Waals surface area contributed by atoms with Crippen LogP contribution in [-0.2, 0) is 0 Å². The summed E-state index contributed by atoms with van der Waals surface area (Å²) in [7, 11) is 0. The number of anilines is 2. The molecule has 0 bridgehead atoms. The fourth-order valence-corrected chi connectivity index (χ4v) is 1.50. The molecule has 0 radical (unpaired) electrons. The number of para-hydroxylation sites is 1. The third-order valence-corrected chi connectivity index (χ3v) is 2.38. The van der Waals surface area contributed by atoms with E-state index in [9.17, 15) is 0 Å². The van der Waals surface area contributed by atoms with Gasteiger partial charge in [0.25, 0.3) is 0 Å². The molecule has 0 aliphatic rings. The van der Waals surface area contributed by atoms with Crippen molar-refractivity contribution in [3.63, 3.8) is 0 Å². The minimum absolute atomic E-state index is 0.640. The van der Waals surface area contributed by atoms with Gasteiger partial charge in [-0.1, -0.05) is 18.1 Å². The highest BCUT2D eigenvalue weighted by molar-refractivity contribution is 5.67. The minimum Gasteiger partial charge on any atom is -0.355 e. The Morgan fingerprint density at radius 3 is 2.35 bits per heavy atom. The first-order valence-corrected chi connectivity index (χ1v) is 5.16. The second kappa shape index (κ2) is 4.88. The van der Waals surface area contributed by atoms with Crippen molar-refractivity contribution in [2.75, 3.05) is 5.32 Å². The largest absolute Gasteiger partial charge is 0.355 e. The second-order valence-electron chi connectivity index (χ2n) is 3.50. The number of rotatable bonds is 2. The third-order valence-electron chi connectivity index (χ3n) is 2.38. The van der Waals surface area contributed by atoms with E-state index in [0.717, 1.165) is 16.9 Å². The van der Waals surface area contributed by atoms with E-state index in [1.54, 1.807) is 12.1 Å². The summed E-state index contributed by atoms with van der Waals surface area (Å²) in [5.41, 5.74) is 3.25. The number of nitrogens with one attached hydrogen (secondary N) is 1. The van der Waals surface area contributed by atoms with E-state index in [1.807, 2.05) is 36.4 Å². The number of nitrogens with zero attached hydrogens (tertiary/aromatic N) is 1. The lowest BCUT2D eigenvalue weighted by atomic mass is 10.1. The van der Waals surface area contributed by atoms with E-state index < -0.39 is 0 Å². The van der Waals surface area contributed by atoms with E-state index in [0.29, 0.717) is 5.56 Å². The van der Waals surface area contributed by atoms with Crippen molar-refractivity contribution in [3.05, 3.63) is 59.7 Å². The molecule has 0 aliphatic carbocycles. The molecule has 2 rings (SSSR count). The van der Waals surface area contributed by atoms with Crippen LogP contribution in [-0.4, -0.2) is 0 Å². The Bertz CT molecular complexity index is 598. The zero-order valence-corrected chi connectivity index (χ0v) is 9.14. The number of benzene rings is 2. The molecule has 17 heavy (non-hydrogen) atoms. The zero-order chi connectivity index (χ0) is 12.1. The van der Waals surface area contributed by atoms with Crippen molar-refractivity contribution >= 4 is 11.4 Å². The van der Waals surface area contributed by atoms with Gasteiger partial charge in [0.2, 0.25) is 0 Å². The van der Waals surface area contributed by atoms with Crippen LogP contribution in [0.3, 0.4) is 0 Å². The fraction of sp³-hybridized carbons (Fsp3) is 0. The first-order valence-electron chi connectivity index (χ1n) is 5.16. The van der Waals surface area contributed by atoms with Crippen LogP contribution in [0.2, 0.25) is 0 Å². The standard InChI is InChI=1S/C15H10N2/c1-2-13-5-3-4-6-15(13)17-14-9-7-12(11-16)8-10-14/h1,3-10,17H. The Balaban J connectivity index is 2.26. The topological polar surface area (TPSA) is 35.8 Å². The summed E-state index contributed by atoms with van der Waals surface area (Å²) >= 11 is 0. The molecule has 80 valence electrons. The number of nitriles is 1. The minimum atomic E-state index is 0.640. The predicted molar refractivity (Wildman–Crippen MR) is 68.8 cm³/mol. The highest BCUT2D eigenvalue weighted by atomic mass is 14.9. The first kappa shape index (κ1) is 10.8. The summed E-state index contributed by atoms with van der Waals surface area (Å²) in [5.74, 6) is 2.62. The molecule has 2 nitrogen and oxygen atoms in total. The van der Waals surface area contributed by atoms with Crippen LogP contribution >= 0.6 is 0 Å². The van der Waals surface area contributed by atoms with Crippen LogP contribution in [0.15, 0.2) is 48.5 Å². The Morgan fingerprint density at radius 1 is 1.00 bits per heavy atom. The monoisotopic (exact) mass is 218 g/mol. The van der Waals surface area contributed by atoms with E-state index in [-0.39, 0.29) is 0 Å². The van der Waals surface area contributed by atoms with Crippen LogP contribution in [0, 0.1) is 23.7 Å². The van der Waals surface area contributed by atoms with Crippen LogP contribution < -0.4 is 5.32 Å². The van der Waals surface area contributed by atoms with Crippen LogP contribution in [0.4, 0.5) is 11.4 Å². The maximum Gasteiger partial charge on any atom is 0.0991 e. The molecule has 2 heteroatoms. The van der Waals surface area contributed by atoms with Crippen molar-refractivity contribution in [2.24, 2.45) is 0 Å². The summed E-state index contributed by atoms with van der Waals surface area (Å²) in [6.07, 6.45) is 5.42. The second-order valence-corrected chi connectivity index (χ2v) is 3.50. The molecule has 0 saturated heterocycles. The van der Waals surface area contributed by atoms with Crippen molar-refractivity contribution < 1.29 is 0 Å². The Morgan fingerprint density at radius 2 is 1.71 bits per heavy atom. The molecule has 0 aliphatic heterocycles. The highest BCUT2D eigenvalue weighted by Gasteiger charge is 1.99. The molecule has 1 N–H and O–H groups in total. The van der Waals surface area contributed by atoms with Gasteiger partial charge in [0.1, 0.15) is 0 Å². The predicted octanol–water partition coefficient (Wildman–Crippen LogP) is 3.28. The molecule has 0 spiro atoms. The van der Waals surface area contributed by atoms with Gasteiger partial charge in [0.05, 0.1) is 17.3 Å². The average molecular weight is 218 g/mol. The van der Waals surface area contributed by atoms with Crippen LogP contribution in [0.5, 0.6) is 0 Å². The van der Waals surface area contributed by atoms with E-state index >= 15 is 0 Å².